The number of rotatable bonds is 4. The first kappa shape index (κ1) is 10.4. The Balaban J connectivity index is 3.37. The van der Waals surface area contributed by atoms with Crippen molar-refractivity contribution in [2.75, 3.05) is 11.5 Å². The van der Waals surface area contributed by atoms with Gasteiger partial charge in [0, 0.05) is 5.75 Å². The van der Waals surface area contributed by atoms with Crippen LogP contribution in [0.2, 0.25) is 0 Å². The Bertz CT molecular complexity index is 109. The fourth-order valence-electron chi connectivity index (χ4n) is 0.368. The van der Waals surface area contributed by atoms with Gasteiger partial charge in [0.15, 0.2) is 0 Å². The number of alkyl halides is 3. The maximum Gasteiger partial charge on any atom is 0.319 e. The Labute approximate surface area is 72.2 Å². The summed E-state index contributed by atoms with van der Waals surface area (Å²) in [6.45, 7) is 1.99. The third-order valence-corrected chi connectivity index (χ3v) is 1.83. The second-order valence-corrected chi connectivity index (χ2v) is 3.98. The Morgan fingerprint density at radius 3 is 2.60 bits per heavy atom. The summed E-state index contributed by atoms with van der Waals surface area (Å²) < 4.78 is 23.9. The van der Waals surface area contributed by atoms with E-state index >= 15 is 0 Å². The number of allylic oxidation sites excluding steroid dienone is 1. The van der Waals surface area contributed by atoms with E-state index < -0.39 is 4.83 Å². The molecule has 0 amide bonds. The van der Waals surface area contributed by atoms with Crippen molar-refractivity contribution in [2.24, 2.45) is 0 Å². The highest BCUT2D eigenvalue weighted by Gasteiger charge is 2.17. The average molecular weight is 231 g/mol. The van der Waals surface area contributed by atoms with E-state index in [1.54, 1.807) is 11.8 Å². The molecule has 60 valence electrons. The fraction of sp³-hybridized carbons (Fsp3) is 0.667. The van der Waals surface area contributed by atoms with E-state index in [2.05, 4.69) is 15.9 Å². The second-order valence-electron chi connectivity index (χ2n) is 1.60. The van der Waals surface area contributed by atoms with Crippen molar-refractivity contribution in [3.05, 3.63) is 12.2 Å². The number of thioether (sulfide) groups is 1. The summed E-state index contributed by atoms with van der Waals surface area (Å²) >= 11 is 3.81. The summed E-state index contributed by atoms with van der Waals surface area (Å²) in [5, 5.41) is 0. The molecule has 0 aromatic rings. The van der Waals surface area contributed by atoms with Crippen LogP contribution in [0.1, 0.15) is 6.92 Å². The van der Waals surface area contributed by atoms with Gasteiger partial charge in [0.25, 0.3) is 0 Å². The predicted octanol–water partition coefficient (Wildman–Crippen LogP) is 3.28. The third kappa shape index (κ3) is 8.43. The van der Waals surface area contributed by atoms with Gasteiger partial charge in [-0.25, -0.2) is 0 Å². The van der Waals surface area contributed by atoms with Crippen LogP contribution in [0.15, 0.2) is 12.2 Å². The van der Waals surface area contributed by atoms with Gasteiger partial charge in [-0.3, -0.25) is 0 Å². The largest absolute Gasteiger partial charge is 0.319 e. The molecule has 0 atom stereocenters. The highest BCUT2D eigenvalue weighted by atomic mass is 79.9. The van der Waals surface area contributed by atoms with Gasteiger partial charge in [0.2, 0.25) is 0 Å². The summed E-state index contributed by atoms with van der Waals surface area (Å²) in [5.74, 6) is 1.61. The van der Waals surface area contributed by atoms with Crippen molar-refractivity contribution < 1.29 is 8.78 Å². The first-order valence-corrected chi connectivity index (χ1v) is 4.83. The highest BCUT2D eigenvalue weighted by Crippen LogP contribution is 2.22. The monoisotopic (exact) mass is 230 g/mol. The van der Waals surface area contributed by atoms with Gasteiger partial charge < -0.3 is 0 Å². The number of halogens is 3. The lowest BCUT2D eigenvalue weighted by Gasteiger charge is -1.98. The van der Waals surface area contributed by atoms with E-state index in [4.69, 9.17) is 0 Å². The molecule has 0 heterocycles. The Morgan fingerprint density at radius 2 is 2.20 bits per heavy atom. The molecule has 0 bridgehead atoms. The van der Waals surface area contributed by atoms with Crippen molar-refractivity contribution >= 4 is 27.7 Å². The summed E-state index contributed by atoms with van der Waals surface area (Å²) in [4.78, 5) is -2.83. The third-order valence-electron chi connectivity index (χ3n) is 0.725. The SMILES string of the molecule is CCSCC=CC(F)(F)Br. The second kappa shape index (κ2) is 5.13. The topological polar surface area (TPSA) is 0 Å². The molecule has 0 aromatic heterocycles. The van der Waals surface area contributed by atoms with Crippen molar-refractivity contribution in [3.63, 3.8) is 0 Å². The molecule has 0 spiro atoms. The van der Waals surface area contributed by atoms with Gasteiger partial charge in [-0.2, -0.15) is 20.5 Å². The highest BCUT2D eigenvalue weighted by molar-refractivity contribution is 9.10. The van der Waals surface area contributed by atoms with Crippen molar-refractivity contribution in [3.8, 4) is 0 Å². The Kier molecular flexibility index (Phi) is 5.35. The van der Waals surface area contributed by atoms with Crippen LogP contribution in [0.3, 0.4) is 0 Å². The normalized spacial score (nSPS) is 12.8. The maximum absolute atomic E-state index is 12.0. The molecule has 0 nitrogen and oxygen atoms in total. The van der Waals surface area contributed by atoms with Crippen LogP contribution in [-0.4, -0.2) is 16.3 Å². The van der Waals surface area contributed by atoms with E-state index in [0.29, 0.717) is 5.75 Å². The fourth-order valence-corrected chi connectivity index (χ4v) is 1.02. The quantitative estimate of drug-likeness (QED) is 0.406. The van der Waals surface area contributed by atoms with Crippen LogP contribution in [0.5, 0.6) is 0 Å². The zero-order valence-corrected chi connectivity index (χ0v) is 8.01. The van der Waals surface area contributed by atoms with Gasteiger partial charge in [-0.15, -0.1) is 0 Å². The van der Waals surface area contributed by atoms with Crippen LogP contribution < -0.4 is 0 Å². The minimum Gasteiger partial charge on any atom is -0.189 e. The molecule has 0 N–H and O–H groups in total. The number of hydrogen-bond acceptors (Lipinski definition) is 1. The minimum atomic E-state index is -2.83. The molecule has 0 aliphatic rings. The molecule has 4 heteroatoms. The van der Waals surface area contributed by atoms with Crippen LogP contribution in [-0.2, 0) is 0 Å². The van der Waals surface area contributed by atoms with Crippen molar-refractivity contribution in [2.45, 2.75) is 11.8 Å². The molecule has 0 aromatic carbocycles. The van der Waals surface area contributed by atoms with Crippen LogP contribution >= 0.6 is 27.7 Å². The maximum atomic E-state index is 12.0. The van der Waals surface area contributed by atoms with Gasteiger partial charge >= 0.3 is 4.83 Å². The molecule has 0 aliphatic heterocycles. The molecule has 0 rings (SSSR count). The zero-order valence-electron chi connectivity index (χ0n) is 5.61. The van der Waals surface area contributed by atoms with E-state index in [-0.39, 0.29) is 0 Å². The van der Waals surface area contributed by atoms with E-state index in [0.717, 1.165) is 11.8 Å². The van der Waals surface area contributed by atoms with E-state index in [1.807, 2.05) is 6.92 Å². The lowest BCUT2D eigenvalue weighted by Crippen LogP contribution is -1.97. The summed E-state index contributed by atoms with van der Waals surface area (Å²) in [7, 11) is 0. The predicted molar refractivity (Wildman–Crippen MR) is 46.0 cm³/mol. The molecule has 0 radical (unpaired) electrons. The molecule has 10 heavy (non-hydrogen) atoms. The van der Waals surface area contributed by atoms with Crippen molar-refractivity contribution in [1.29, 1.82) is 0 Å². The average Bonchev–Trinajstić information content (AvgIpc) is 1.78. The van der Waals surface area contributed by atoms with Crippen LogP contribution in [0, 0.1) is 0 Å². The molecule has 0 aliphatic carbocycles. The first-order valence-electron chi connectivity index (χ1n) is 2.88. The molecule has 0 saturated carbocycles. The summed E-state index contributed by atoms with van der Waals surface area (Å²) in [5.41, 5.74) is 0. The summed E-state index contributed by atoms with van der Waals surface area (Å²) in [6.07, 6.45) is 2.32. The van der Waals surface area contributed by atoms with Crippen molar-refractivity contribution in [1.82, 2.24) is 0 Å². The van der Waals surface area contributed by atoms with Gasteiger partial charge in [0.1, 0.15) is 0 Å². The number of hydrogen-bond donors (Lipinski definition) is 0. The Hall–Kier alpha value is 0.430. The van der Waals surface area contributed by atoms with Crippen LogP contribution in [0.25, 0.3) is 0 Å². The standard InChI is InChI=1S/C6H9BrF2S/c1-2-10-5-3-4-6(7,8)9/h3-4H,2,5H2,1H3. The smallest absolute Gasteiger partial charge is 0.189 e. The lowest BCUT2D eigenvalue weighted by atomic mass is 10.5. The summed E-state index contributed by atoms with van der Waals surface area (Å²) in [6, 6.07) is 0. The van der Waals surface area contributed by atoms with Crippen LogP contribution in [0.4, 0.5) is 8.78 Å². The molecular formula is C6H9BrF2S. The lowest BCUT2D eigenvalue weighted by molar-refractivity contribution is 0.171. The van der Waals surface area contributed by atoms with Gasteiger partial charge in [-0.05, 0) is 27.8 Å². The van der Waals surface area contributed by atoms with Gasteiger partial charge in [0.05, 0.1) is 0 Å². The van der Waals surface area contributed by atoms with E-state index in [9.17, 15) is 8.78 Å². The molecule has 0 unspecified atom stereocenters. The van der Waals surface area contributed by atoms with E-state index in [1.165, 1.54) is 6.08 Å². The van der Waals surface area contributed by atoms with Gasteiger partial charge in [-0.1, -0.05) is 13.0 Å². The molecule has 0 saturated heterocycles. The Morgan fingerprint density at radius 1 is 1.60 bits per heavy atom. The minimum absolute atomic E-state index is 0.650. The molecular weight excluding hydrogens is 222 g/mol. The molecule has 0 fully saturated rings. The zero-order chi connectivity index (χ0) is 8.04. The first-order chi connectivity index (χ1) is 4.56.